The van der Waals surface area contributed by atoms with Crippen LogP contribution in [0.1, 0.15) is 0 Å². The summed E-state index contributed by atoms with van der Waals surface area (Å²) in [5, 5.41) is 1.50. The van der Waals surface area contributed by atoms with Crippen LogP contribution in [-0.4, -0.2) is 8.42 Å². The summed E-state index contributed by atoms with van der Waals surface area (Å²) in [6.45, 7) is 0. The molecule has 0 radical (unpaired) electrons. The van der Waals surface area contributed by atoms with E-state index in [0.717, 1.165) is 10.6 Å². The number of sulfone groups is 1. The average Bonchev–Trinajstić information content (AvgIpc) is 2.68. The maximum absolute atomic E-state index is 13.1. The number of halogens is 1. The molecule has 0 aliphatic heterocycles. The second kappa shape index (κ2) is 8.89. The van der Waals surface area contributed by atoms with E-state index in [4.69, 9.17) is 23.4 Å². The SMILES string of the molecule is O=S(=O)(c1ccccc1)[C-](Cl)P(=S)(c1ccccc1)c1ccccc1.[Li+]. The first-order valence-corrected chi connectivity index (χ1v) is 12.2. The van der Waals surface area contributed by atoms with Gasteiger partial charge < -0.3 is 11.6 Å². The Balaban J connectivity index is 0.00000243. The van der Waals surface area contributed by atoms with E-state index < -0.39 is 15.9 Å². The van der Waals surface area contributed by atoms with Gasteiger partial charge in [0.05, 0.1) is 9.84 Å². The molecule has 0 fully saturated rings. The van der Waals surface area contributed by atoms with Gasteiger partial charge in [-0.1, -0.05) is 89.4 Å². The summed E-state index contributed by atoms with van der Waals surface area (Å²) < 4.78 is 26.1. The van der Waals surface area contributed by atoms with E-state index >= 15 is 0 Å². The maximum Gasteiger partial charge on any atom is 1.00 e. The minimum atomic E-state index is -3.87. The largest absolute Gasteiger partial charge is 1.00 e. The van der Waals surface area contributed by atoms with Gasteiger partial charge in [-0.3, -0.25) is 8.42 Å². The van der Waals surface area contributed by atoms with Crippen LogP contribution in [0.25, 0.3) is 0 Å². The fourth-order valence-corrected chi connectivity index (χ4v) is 9.86. The first-order chi connectivity index (χ1) is 12.0. The Labute approximate surface area is 176 Å². The number of benzene rings is 3. The fourth-order valence-electron chi connectivity index (χ4n) is 2.49. The van der Waals surface area contributed by atoms with Gasteiger partial charge in [0.25, 0.3) is 0 Å². The smallest absolute Gasteiger partial charge is 0.322 e. The van der Waals surface area contributed by atoms with Crippen LogP contribution in [0.3, 0.4) is 0 Å². The molecule has 26 heavy (non-hydrogen) atoms. The predicted octanol–water partition coefficient (Wildman–Crippen LogP) is 1.28. The monoisotopic (exact) mass is 412 g/mol. The fraction of sp³-hybridized carbons (Fsp3) is 0. The van der Waals surface area contributed by atoms with Crippen LogP contribution in [0.15, 0.2) is 95.9 Å². The molecule has 3 aromatic rings. The molecule has 7 heteroatoms. The summed E-state index contributed by atoms with van der Waals surface area (Å²) in [5.74, 6) is 0. The molecule has 0 amide bonds. The van der Waals surface area contributed by atoms with Crippen molar-refractivity contribution < 1.29 is 27.3 Å². The maximum atomic E-state index is 13.1. The molecule has 0 N–H and O–H groups in total. The summed E-state index contributed by atoms with van der Waals surface area (Å²) in [5.41, 5.74) is 0. The van der Waals surface area contributed by atoms with Crippen molar-refractivity contribution in [1.82, 2.24) is 0 Å². The van der Waals surface area contributed by atoms with Gasteiger partial charge in [0.2, 0.25) is 0 Å². The second-order valence-corrected chi connectivity index (χ2v) is 12.7. The van der Waals surface area contributed by atoms with Crippen LogP contribution in [-0.2, 0) is 21.6 Å². The molecule has 0 unspecified atom stereocenters. The van der Waals surface area contributed by atoms with E-state index in [9.17, 15) is 8.42 Å². The molecule has 3 aromatic carbocycles. The molecule has 0 atom stereocenters. The van der Waals surface area contributed by atoms with Crippen molar-refractivity contribution in [3.8, 4) is 0 Å². The Hall–Kier alpha value is -0.853. The zero-order valence-corrected chi connectivity index (χ0v) is 17.4. The van der Waals surface area contributed by atoms with Crippen LogP contribution in [0.5, 0.6) is 0 Å². The molecular formula is C19H15ClLiO2PS2. The van der Waals surface area contributed by atoms with Crippen LogP contribution < -0.4 is 29.5 Å². The number of hydrogen-bond donors (Lipinski definition) is 0. The minimum Gasteiger partial charge on any atom is -0.322 e. The minimum absolute atomic E-state index is 0. The van der Waals surface area contributed by atoms with Gasteiger partial charge in [-0.05, 0) is 22.7 Å². The molecule has 0 saturated heterocycles. The molecule has 0 spiro atoms. The summed E-state index contributed by atoms with van der Waals surface area (Å²) in [6.07, 6.45) is 0. The molecule has 128 valence electrons. The predicted molar refractivity (Wildman–Crippen MR) is 109 cm³/mol. The van der Waals surface area contributed by atoms with Crippen molar-refractivity contribution in [2.75, 3.05) is 0 Å². The number of rotatable bonds is 5. The van der Waals surface area contributed by atoms with Crippen molar-refractivity contribution >= 4 is 49.9 Å². The van der Waals surface area contributed by atoms with Crippen LogP contribution in [0.2, 0.25) is 0 Å². The standard InChI is InChI=1S/C19H15ClO2PS2.Li/c20-19(25(21,22)18-14-8-3-9-15-18)23(24,16-10-4-1-5-11-16)17-12-6-2-7-13-17;/h1-15H;/q-1;+1. The first kappa shape index (κ1) is 21.4. The van der Waals surface area contributed by atoms with Crippen molar-refractivity contribution in [3.63, 3.8) is 0 Å². The molecule has 0 bridgehead atoms. The summed E-state index contributed by atoms with van der Waals surface area (Å²) in [6, 6.07) is 23.8. The summed E-state index contributed by atoms with van der Waals surface area (Å²) in [4.78, 5) is 0.154. The van der Waals surface area contributed by atoms with Gasteiger partial charge in [-0.2, -0.15) is 0 Å². The third-order valence-corrected chi connectivity index (χ3v) is 13.0. The zero-order chi connectivity index (χ0) is 17.9. The van der Waals surface area contributed by atoms with Crippen LogP contribution >= 0.6 is 17.6 Å². The third kappa shape index (κ3) is 4.02. The summed E-state index contributed by atoms with van der Waals surface area (Å²) >= 11 is 12.5. The molecule has 0 aliphatic carbocycles. The van der Waals surface area contributed by atoms with Crippen molar-refractivity contribution in [2.24, 2.45) is 0 Å². The van der Waals surface area contributed by atoms with Gasteiger partial charge in [-0.25, -0.2) is 0 Å². The molecule has 2 nitrogen and oxygen atoms in total. The molecular weight excluding hydrogens is 398 g/mol. The van der Waals surface area contributed by atoms with Crippen molar-refractivity contribution in [2.45, 2.75) is 4.90 Å². The summed E-state index contributed by atoms with van der Waals surface area (Å²) in [7, 11) is -3.87. The number of hydrogen-bond acceptors (Lipinski definition) is 3. The first-order valence-electron chi connectivity index (χ1n) is 7.52. The van der Waals surface area contributed by atoms with Gasteiger partial charge >= 0.3 is 18.9 Å². The zero-order valence-electron chi connectivity index (χ0n) is 14.1. The van der Waals surface area contributed by atoms with Gasteiger partial charge in [-0.15, -0.1) is 11.8 Å². The van der Waals surface area contributed by atoms with Crippen molar-refractivity contribution in [3.05, 3.63) is 95.4 Å². The van der Waals surface area contributed by atoms with E-state index in [2.05, 4.69) is 0 Å². The van der Waals surface area contributed by atoms with E-state index in [-0.39, 0.29) is 28.2 Å². The van der Waals surface area contributed by atoms with E-state index in [1.165, 1.54) is 12.1 Å². The quantitative estimate of drug-likeness (QED) is 0.360. The Morgan fingerprint density at radius 1 is 0.731 bits per heavy atom. The Kier molecular flexibility index (Phi) is 7.33. The Morgan fingerprint density at radius 3 is 1.46 bits per heavy atom. The average molecular weight is 413 g/mol. The normalized spacial score (nSPS) is 11.8. The van der Waals surface area contributed by atoms with E-state index in [0.29, 0.717) is 0 Å². The van der Waals surface area contributed by atoms with E-state index in [1.807, 2.05) is 60.7 Å². The Morgan fingerprint density at radius 2 is 1.08 bits per heavy atom. The molecule has 0 aliphatic rings. The Bertz CT molecular complexity index is 954. The van der Waals surface area contributed by atoms with Crippen LogP contribution in [0, 0.1) is 4.45 Å². The molecule has 0 aromatic heterocycles. The van der Waals surface area contributed by atoms with Gasteiger partial charge in [0.1, 0.15) is 0 Å². The third-order valence-electron chi connectivity index (χ3n) is 3.76. The molecule has 0 saturated carbocycles. The molecule has 3 rings (SSSR count). The van der Waals surface area contributed by atoms with Crippen LogP contribution in [0.4, 0.5) is 0 Å². The van der Waals surface area contributed by atoms with Gasteiger partial charge in [0.15, 0.2) is 0 Å². The second-order valence-electron chi connectivity index (χ2n) is 5.35. The van der Waals surface area contributed by atoms with Crippen molar-refractivity contribution in [1.29, 1.82) is 0 Å². The van der Waals surface area contributed by atoms with E-state index in [1.54, 1.807) is 18.2 Å². The molecule has 0 heterocycles. The topological polar surface area (TPSA) is 34.1 Å². The van der Waals surface area contributed by atoms with Gasteiger partial charge in [0, 0.05) is 4.90 Å².